The van der Waals surface area contributed by atoms with Crippen LogP contribution in [-0.4, -0.2) is 17.4 Å². The summed E-state index contributed by atoms with van der Waals surface area (Å²) in [7, 11) is 0. The Morgan fingerprint density at radius 1 is 1.33 bits per heavy atom. The van der Waals surface area contributed by atoms with Crippen LogP contribution in [0.5, 0.6) is 0 Å². The Kier molecular flexibility index (Phi) is 2.66. The van der Waals surface area contributed by atoms with Crippen LogP contribution >= 0.6 is 0 Å². The summed E-state index contributed by atoms with van der Waals surface area (Å²) in [6, 6.07) is 5.70. The highest BCUT2D eigenvalue weighted by Crippen LogP contribution is 2.61. The summed E-state index contributed by atoms with van der Waals surface area (Å²) in [5, 5.41) is 0. The normalized spacial score (nSPS) is 32.8. The van der Waals surface area contributed by atoms with Crippen molar-refractivity contribution in [1.29, 1.82) is 0 Å². The number of nitrogens with zero attached hydrogens (tertiary/aromatic N) is 1. The maximum absolute atomic E-state index is 12.6. The highest BCUT2D eigenvalue weighted by Gasteiger charge is 2.54. The summed E-state index contributed by atoms with van der Waals surface area (Å²) < 4.78 is 0. The highest BCUT2D eigenvalue weighted by atomic mass is 16.2. The van der Waals surface area contributed by atoms with Gasteiger partial charge in [-0.15, -0.1) is 0 Å². The number of hydrogen-bond acceptors (Lipinski definition) is 2. The number of fused-ring (bicyclic) bond motifs is 3. The van der Waals surface area contributed by atoms with Crippen LogP contribution in [0, 0.1) is 23.2 Å². The van der Waals surface area contributed by atoms with Crippen molar-refractivity contribution in [3.05, 3.63) is 29.3 Å². The molecule has 2 bridgehead atoms. The van der Waals surface area contributed by atoms with Gasteiger partial charge in [0.25, 0.3) is 5.91 Å². The van der Waals surface area contributed by atoms with Crippen LogP contribution in [0.2, 0.25) is 0 Å². The summed E-state index contributed by atoms with van der Waals surface area (Å²) in [6.45, 7) is 6.44. The number of nitrogen functional groups attached to an aromatic ring is 1. The monoisotopic (exact) mass is 284 g/mol. The van der Waals surface area contributed by atoms with E-state index in [1.165, 1.54) is 19.3 Å². The Bertz CT molecular complexity index is 605. The molecule has 3 fully saturated rings. The third-order valence-electron chi connectivity index (χ3n) is 6.54. The molecule has 0 saturated heterocycles. The van der Waals surface area contributed by atoms with Crippen molar-refractivity contribution in [3.8, 4) is 0 Å². The lowest BCUT2D eigenvalue weighted by Crippen LogP contribution is -2.54. The number of hydrogen-bond donors (Lipinski definition) is 1. The molecule has 3 aliphatic carbocycles. The van der Waals surface area contributed by atoms with E-state index in [1.54, 1.807) is 0 Å². The minimum Gasteiger partial charge on any atom is -0.398 e. The van der Waals surface area contributed by atoms with Crippen LogP contribution in [0.1, 0.15) is 49.0 Å². The van der Waals surface area contributed by atoms with Crippen LogP contribution in [0.15, 0.2) is 18.2 Å². The molecule has 1 aliphatic heterocycles. The van der Waals surface area contributed by atoms with Gasteiger partial charge in [-0.1, -0.05) is 19.9 Å². The molecule has 3 saturated carbocycles. The van der Waals surface area contributed by atoms with Crippen molar-refractivity contribution in [2.75, 3.05) is 12.3 Å². The van der Waals surface area contributed by atoms with Gasteiger partial charge in [-0.3, -0.25) is 4.79 Å². The summed E-state index contributed by atoms with van der Waals surface area (Å²) >= 11 is 0. The molecule has 5 rings (SSSR count). The van der Waals surface area contributed by atoms with E-state index in [2.05, 4.69) is 13.8 Å². The third kappa shape index (κ3) is 1.76. The Morgan fingerprint density at radius 2 is 2.14 bits per heavy atom. The molecule has 0 unspecified atom stereocenters. The molecule has 1 amide bonds. The Labute approximate surface area is 126 Å². The molecule has 0 radical (unpaired) electrons. The minimum absolute atomic E-state index is 0.177. The fourth-order valence-electron chi connectivity index (χ4n) is 5.03. The van der Waals surface area contributed by atoms with Gasteiger partial charge in [0.05, 0.1) is 0 Å². The first-order chi connectivity index (χ1) is 9.98. The summed E-state index contributed by atoms with van der Waals surface area (Å²) in [5.41, 5.74) is 9.12. The van der Waals surface area contributed by atoms with Gasteiger partial charge in [0, 0.05) is 29.9 Å². The molecule has 0 spiro atoms. The first-order valence-electron chi connectivity index (χ1n) is 8.15. The van der Waals surface area contributed by atoms with Gasteiger partial charge in [-0.25, -0.2) is 0 Å². The SMILES string of the molecule is CC1(C)[C@@H]2CC[C@H](CN3Cc4c(N)cccc4C3=O)[C@H]1C2. The van der Waals surface area contributed by atoms with E-state index in [0.717, 1.165) is 35.2 Å². The van der Waals surface area contributed by atoms with Crippen LogP contribution in [0.4, 0.5) is 5.69 Å². The van der Waals surface area contributed by atoms with Crippen LogP contribution in [0.3, 0.4) is 0 Å². The largest absolute Gasteiger partial charge is 0.398 e. The van der Waals surface area contributed by atoms with Gasteiger partial charge < -0.3 is 10.6 Å². The standard InChI is InChI=1S/C18H24N2O/c1-18(2)12-7-6-11(15(18)8-12)9-20-10-14-13(17(20)21)4-3-5-16(14)19/h3-5,11-12,15H,6-10,19H2,1-2H3/t11-,12-,15-/m1/s1. The zero-order valence-corrected chi connectivity index (χ0v) is 12.9. The molecule has 21 heavy (non-hydrogen) atoms. The van der Waals surface area contributed by atoms with E-state index in [-0.39, 0.29) is 5.91 Å². The van der Waals surface area contributed by atoms with E-state index in [9.17, 15) is 4.79 Å². The second-order valence-corrected chi connectivity index (χ2v) is 7.76. The van der Waals surface area contributed by atoms with Gasteiger partial charge in [-0.2, -0.15) is 0 Å². The predicted molar refractivity (Wildman–Crippen MR) is 83.7 cm³/mol. The van der Waals surface area contributed by atoms with Crippen LogP contribution in [0.25, 0.3) is 0 Å². The summed E-state index contributed by atoms with van der Waals surface area (Å²) in [6.07, 6.45) is 3.99. The van der Waals surface area contributed by atoms with Gasteiger partial charge >= 0.3 is 0 Å². The number of benzene rings is 1. The number of anilines is 1. The maximum atomic E-state index is 12.6. The summed E-state index contributed by atoms with van der Waals surface area (Å²) in [4.78, 5) is 14.6. The first kappa shape index (κ1) is 13.2. The molecule has 1 aromatic rings. The average Bonchev–Trinajstić information content (AvgIpc) is 2.78. The van der Waals surface area contributed by atoms with Crippen molar-refractivity contribution in [1.82, 2.24) is 4.90 Å². The van der Waals surface area contributed by atoms with Crippen LogP contribution in [-0.2, 0) is 6.54 Å². The van der Waals surface area contributed by atoms with Crippen molar-refractivity contribution in [3.63, 3.8) is 0 Å². The number of nitrogens with two attached hydrogens (primary N) is 1. The Morgan fingerprint density at radius 3 is 2.81 bits per heavy atom. The molecule has 3 heteroatoms. The van der Waals surface area contributed by atoms with Crippen molar-refractivity contribution in [2.45, 2.75) is 39.7 Å². The third-order valence-corrected chi connectivity index (χ3v) is 6.54. The molecule has 1 heterocycles. The van der Waals surface area contributed by atoms with Gasteiger partial charge in [-0.05, 0) is 54.6 Å². The smallest absolute Gasteiger partial charge is 0.254 e. The van der Waals surface area contributed by atoms with Crippen molar-refractivity contribution >= 4 is 11.6 Å². The van der Waals surface area contributed by atoms with E-state index in [4.69, 9.17) is 5.73 Å². The Balaban J connectivity index is 1.52. The minimum atomic E-state index is 0.177. The molecular weight excluding hydrogens is 260 g/mol. The predicted octanol–water partition coefficient (Wildman–Crippen LogP) is 3.30. The zero-order valence-electron chi connectivity index (χ0n) is 12.9. The van der Waals surface area contributed by atoms with E-state index in [1.807, 2.05) is 23.1 Å². The fraction of sp³-hybridized carbons (Fsp3) is 0.611. The molecule has 0 aromatic heterocycles. The lowest BCUT2D eigenvalue weighted by Gasteiger charge is -2.60. The highest BCUT2D eigenvalue weighted by molar-refractivity contribution is 5.99. The number of carbonyl (C=O) groups excluding carboxylic acids is 1. The fourth-order valence-corrected chi connectivity index (χ4v) is 5.03. The second kappa shape index (κ2) is 4.25. The number of amides is 1. The quantitative estimate of drug-likeness (QED) is 0.847. The van der Waals surface area contributed by atoms with E-state index >= 15 is 0 Å². The van der Waals surface area contributed by atoms with Crippen LogP contribution < -0.4 is 5.73 Å². The molecule has 1 aromatic carbocycles. The molecule has 3 nitrogen and oxygen atoms in total. The first-order valence-corrected chi connectivity index (χ1v) is 8.15. The second-order valence-electron chi connectivity index (χ2n) is 7.76. The van der Waals surface area contributed by atoms with Crippen molar-refractivity contribution in [2.24, 2.45) is 23.2 Å². The number of rotatable bonds is 2. The molecule has 2 N–H and O–H groups in total. The van der Waals surface area contributed by atoms with E-state index in [0.29, 0.717) is 17.9 Å². The van der Waals surface area contributed by atoms with Gasteiger partial charge in [0.1, 0.15) is 0 Å². The lowest BCUT2D eigenvalue weighted by molar-refractivity contribution is -0.109. The Hall–Kier alpha value is -1.51. The van der Waals surface area contributed by atoms with Crippen molar-refractivity contribution < 1.29 is 4.79 Å². The van der Waals surface area contributed by atoms with E-state index < -0.39 is 0 Å². The van der Waals surface area contributed by atoms with Gasteiger partial charge in [0.15, 0.2) is 0 Å². The topological polar surface area (TPSA) is 46.3 Å². The molecule has 112 valence electrons. The molecule has 3 atom stereocenters. The molecular formula is C18H24N2O. The maximum Gasteiger partial charge on any atom is 0.254 e. The summed E-state index contributed by atoms with van der Waals surface area (Å²) in [5.74, 6) is 2.56. The zero-order chi connectivity index (χ0) is 14.8. The lowest BCUT2D eigenvalue weighted by atomic mass is 9.45. The molecule has 4 aliphatic rings. The average molecular weight is 284 g/mol. The van der Waals surface area contributed by atoms with Gasteiger partial charge in [0.2, 0.25) is 0 Å². The number of carbonyl (C=O) groups is 1.